The predicted octanol–water partition coefficient (Wildman–Crippen LogP) is 6.08. The van der Waals surface area contributed by atoms with Crippen molar-refractivity contribution in [2.45, 2.75) is 75.7 Å². The van der Waals surface area contributed by atoms with Crippen LogP contribution in [0.3, 0.4) is 0 Å². The van der Waals surface area contributed by atoms with Crippen LogP contribution in [0.2, 0.25) is 0 Å². The minimum absolute atomic E-state index is 0.0242. The molecule has 12 heteroatoms. The highest BCUT2D eigenvalue weighted by molar-refractivity contribution is 7.92. The molecule has 0 heterocycles. The molecule has 0 aliphatic heterocycles. The van der Waals surface area contributed by atoms with Crippen LogP contribution in [0.5, 0.6) is 5.75 Å². The molecule has 1 unspecified atom stereocenters. The third-order valence-corrected chi connectivity index (χ3v) is 9.71. The Bertz CT molecular complexity index is 1590. The van der Waals surface area contributed by atoms with Gasteiger partial charge < -0.3 is 15.0 Å². The minimum Gasteiger partial charge on any atom is -0.497 e. The van der Waals surface area contributed by atoms with Crippen molar-refractivity contribution in [3.63, 3.8) is 0 Å². The van der Waals surface area contributed by atoms with Gasteiger partial charge >= 0.3 is 6.18 Å². The number of benzene rings is 3. The van der Waals surface area contributed by atoms with Crippen molar-refractivity contribution in [2.75, 3.05) is 18.0 Å². The van der Waals surface area contributed by atoms with Gasteiger partial charge in [-0.2, -0.15) is 13.2 Å². The van der Waals surface area contributed by atoms with E-state index >= 15 is 0 Å². The van der Waals surface area contributed by atoms with E-state index in [1.165, 1.54) is 30.2 Å². The lowest BCUT2D eigenvalue weighted by Gasteiger charge is -2.34. The Morgan fingerprint density at radius 2 is 1.67 bits per heavy atom. The number of sulfonamides is 1. The van der Waals surface area contributed by atoms with Gasteiger partial charge in [0.2, 0.25) is 11.8 Å². The van der Waals surface area contributed by atoms with E-state index < -0.39 is 40.3 Å². The Morgan fingerprint density at radius 3 is 2.29 bits per heavy atom. The number of carbonyl (C=O) groups excluding carboxylic acids is 2. The van der Waals surface area contributed by atoms with Crippen LogP contribution in [0.4, 0.5) is 18.9 Å². The molecule has 4 rings (SSSR count). The summed E-state index contributed by atoms with van der Waals surface area (Å²) in [6.45, 7) is 2.61. The second-order valence-electron chi connectivity index (χ2n) is 11.2. The smallest absolute Gasteiger partial charge is 0.416 e. The average molecular weight is 646 g/mol. The van der Waals surface area contributed by atoms with Crippen LogP contribution >= 0.6 is 0 Å². The lowest BCUT2D eigenvalue weighted by Crippen LogP contribution is -2.53. The molecule has 0 bridgehead atoms. The standard InChI is InChI=1S/C33H38F3N3O5S/c1-4-30(32(41)37-26-11-5-6-12-26)38(21-24-9-7-14-28(19-24)44-3)31(40)22-39(27-13-8-10-25(20-27)33(34,35)36)45(42,43)29-17-15-23(2)16-18-29/h7-10,13-20,26,30H,4-6,11-12,21-22H2,1-3H3,(H,37,41). The first kappa shape index (κ1) is 33.8. The summed E-state index contributed by atoms with van der Waals surface area (Å²) >= 11 is 0. The van der Waals surface area contributed by atoms with Gasteiger partial charge in [-0.25, -0.2) is 8.42 Å². The fraction of sp³-hybridized carbons (Fsp3) is 0.394. The molecule has 3 aromatic carbocycles. The van der Waals surface area contributed by atoms with E-state index in [0.29, 0.717) is 21.7 Å². The summed E-state index contributed by atoms with van der Waals surface area (Å²) in [5.74, 6) is -0.595. The number of methoxy groups -OCH3 is 1. The predicted molar refractivity (Wildman–Crippen MR) is 165 cm³/mol. The molecule has 1 aliphatic carbocycles. The number of nitrogens with zero attached hydrogens (tertiary/aromatic N) is 2. The van der Waals surface area contributed by atoms with Gasteiger partial charge in [0.25, 0.3) is 10.0 Å². The van der Waals surface area contributed by atoms with E-state index in [1.807, 2.05) is 0 Å². The number of ether oxygens (including phenoxy) is 1. The molecule has 1 fully saturated rings. The Hall–Kier alpha value is -4.06. The highest BCUT2D eigenvalue weighted by atomic mass is 32.2. The van der Waals surface area contributed by atoms with Crippen LogP contribution < -0.4 is 14.4 Å². The number of hydrogen-bond acceptors (Lipinski definition) is 5. The second kappa shape index (κ2) is 14.4. The van der Waals surface area contributed by atoms with E-state index in [0.717, 1.165) is 43.4 Å². The van der Waals surface area contributed by atoms with Crippen LogP contribution in [-0.4, -0.2) is 50.9 Å². The molecule has 0 radical (unpaired) electrons. The maximum atomic E-state index is 14.2. The average Bonchev–Trinajstić information content (AvgIpc) is 3.52. The molecule has 0 aromatic heterocycles. The third-order valence-electron chi connectivity index (χ3n) is 7.92. The van der Waals surface area contributed by atoms with Gasteiger partial charge in [0.15, 0.2) is 0 Å². The Labute approximate surface area is 262 Å². The summed E-state index contributed by atoms with van der Waals surface area (Å²) in [6, 6.07) is 15.6. The molecule has 242 valence electrons. The number of alkyl halides is 3. The van der Waals surface area contributed by atoms with Crippen molar-refractivity contribution in [2.24, 2.45) is 0 Å². The summed E-state index contributed by atoms with van der Waals surface area (Å²) in [4.78, 5) is 28.9. The molecule has 1 atom stereocenters. The number of rotatable bonds is 12. The van der Waals surface area contributed by atoms with Crippen molar-refractivity contribution in [1.82, 2.24) is 10.2 Å². The fourth-order valence-electron chi connectivity index (χ4n) is 5.46. The summed E-state index contributed by atoms with van der Waals surface area (Å²) in [6.07, 6.45) is -0.909. The monoisotopic (exact) mass is 645 g/mol. The topological polar surface area (TPSA) is 96.0 Å². The van der Waals surface area contributed by atoms with Crippen LogP contribution in [0, 0.1) is 6.92 Å². The molecule has 0 spiro atoms. The summed E-state index contributed by atoms with van der Waals surface area (Å²) in [5.41, 5.74) is 0.0108. The molecule has 3 aromatic rings. The summed E-state index contributed by atoms with van der Waals surface area (Å²) in [7, 11) is -3.02. The number of hydrogen-bond donors (Lipinski definition) is 1. The molecule has 1 saturated carbocycles. The van der Waals surface area contributed by atoms with Crippen molar-refractivity contribution in [3.05, 3.63) is 89.5 Å². The second-order valence-corrected chi connectivity index (χ2v) is 13.0. The van der Waals surface area contributed by atoms with Crippen molar-refractivity contribution in [3.8, 4) is 5.75 Å². The quantitative estimate of drug-likeness (QED) is 0.258. The molecule has 1 N–H and O–H groups in total. The normalized spacial score (nSPS) is 14.5. The Kier molecular flexibility index (Phi) is 10.8. The van der Waals surface area contributed by atoms with Gasteiger partial charge in [-0.3, -0.25) is 13.9 Å². The van der Waals surface area contributed by atoms with Crippen LogP contribution in [0.15, 0.2) is 77.7 Å². The molecule has 8 nitrogen and oxygen atoms in total. The van der Waals surface area contributed by atoms with Crippen molar-refractivity contribution >= 4 is 27.5 Å². The number of halogens is 3. The lowest BCUT2D eigenvalue weighted by molar-refractivity contribution is -0.140. The summed E-state index contributed by atoms with van der Waals surface area (Å²) in [5, 5.41) is 3.03. The number of aryl methyl sites for hydroxylation is 1. The zero-order chi connectivity index (χ0) is 32.8. The molecular weight excluding hydrogens is 607 g/mol. The maximum Gasteiger partial charge on any atom is 0.416 e. The first-order valence-corrected chi connectivity index (χ1v) is 16.3. The van der Waals surface area contributed by atoms with Crippen LogP contribution in [0.25, 0.3) is 0 Å². The van der Waals surface area contributed by atoms with Gasteiger partial charge in [-0.1, -0.05) is 55.7 Å². The first-order chi connectivity index (χ1) is 21.3. The van der Waals surface area contributed by atoms with E-state index in [-0.39, 0.29) is 35.5 Å². The van der Waals surface area contributed by atoms with E-state index in [1.54, 1.807) is 50.2 Å². The van der Waals surface area contributed by atoms with Gasteiger partial charge in [-0.05, 0) is 74.2 Å². The number of anilines is 1. The van der Waals surface area contributed by atoms with Gasteiger partial charge in [0.1, 0.15) is 18.3 Å². The van der Waals surface area contributed by atoms with Crippen LogP contribution in [-0.2, 0) is 32.3 Å². The van der Waals surface area contributed by atoms with Crippen molar-refractivity contribution in [1.29, 1.82) is 0 Å². The molecule has 1 aliphatic rings. The number of nitrogens with one attached hydrogen (secondary N) is 1. The van der Waals surface area contributed by atoms with Gasteiger partial charge in [0, 0.05) is 12.6 Å². The Balaban J connectivity index is 1.77. The highest BCUT2D eigenvalue weighted by Crippen LogP contribution is 2.33. The SMILES string of the molecule is CCC(C(=O)NC1CCCC1)N(Cc1cccc(OC)c1)C(=O)CN(c1cccc(C(F)(F)F)c1)S(=O)(=O)c1ccc(C)cc1. The molecule has 45 heavy (non-hydrogen) atoms. The number of carbonyl (C=O) groups is 2. The van der Waals surface area contributed by atoms with Gasteiger partial charge in [0.05, 0.1) is 23.3 Å². The molecule has 2 amide bonds. The molecule has 0 saturated heterocycles. The largest absolute Gasteiger partial charge is 0.497 e. The molecular formula is C33H38F3N3O5S. The Morgan fingerprint density at radius 1 is 1.00 bits per heavy atom. The number of amides is 2. The minimum atomic E-state index is -4.75. The maximum absolute atomic E-state index is 14.2. The van der Waals surface area contributed by atoms with Gasteiger partial charge in [-0.15, -0.1) is 0 Å². The summed E-state index contributed by atoms with van der Waals surface area (Å²) < 4.78 is 75.1. The zero-order valence-corrected chi connectivity index (χ0v) is 26.3. The van der Waals surface area contributed by atoms with Crippen LogP contribution in [0.1, 0.15) is 55.7 Å². The van der Waals surface area contributed by atoms with Crippen molar-refractivity contribution < 1.29 is 35.9 Å². The van der Waals surface area contributed by atoms with E-state index in [9.17, 15) is 31.2 Å². The lowest BCUT2D eigenvalue weighted by atomic mass is 10.1. The highest BCUT2D eigenvalue weighted by Gasteiger charge is 2.36. The fourth-order valence-corrected chi connectivity index (χ4v) is 6.86. The first-order valence-electron chi connectivity index (χ1n) is 14.8. The zero-order valence-electron chi connectivity index (χ0n) is 25.5. The third kappa shape index (κ3) is 8.36. The van der Waals surface area contributed by atoms with E-state index in [2.05, 4.69) is 5.32 Å². The van der Waals surface area contributed by atoms with E-state index in [4.69, 9.17) is 4.74 Å².